The predicted octanol–water partition coefficient (Wildman–Crippen LogP) is 2.76. The third kappa shape index (κ3) is 3.37. The van der Waals surface area contributed by atoms with E-state index in [9.17, 15) is 4.79 Å². The Morgan fingerprint density at radius 3 is 2.32 bits per heavy atom. The molecule has 1 atom stereocenters. The molecular weight excluding hydrogens is 272 g/mol. The Labute approximate surface area is 131 Å². The van der Waals surface area contributed by atoms with Gasteiger partial charge in [0.25, 0.3) is 0 Å². The molecule has 1 heterocycles. The minimum atomic E-state index is -0.232. The Balaban J connectivity index is 1.73. The number of hydrogen-bond acceptors (Lipinski definition) is 2. The smallest absolute Gasteiger partial charge is 0.234 e. The average molecular weight is 293 g/mol. The number of benzene rings is 2. The lowest BCUT2D eigenvalue weighted by Gasteiger charge is -2.37. The molecule has 0 saturated carbocycles. The van der Waals surface area contributed by atoms with E-state index >= 15 is 0 Å². The molecule has 1 unspecified atom stereocenters. The molecular formula is C19H21N2O. The zero-order valence-electron chi connectivity index (χ0n) is 12.6. The van der Waals surface area contributed by atoms with Crippen molar-refractivity contribution in [2.45, 2.75) is 25.4 Å². The van der Waals surface area contributed by atoms with Crippen LogP contribution in [0, 0.1) is 5.92 Å². The molecule has 0 aromatic heterocycles. The highest BCUT2D eigenvalue weighted by atomic mass is 16.1. The summed E-state index contributed by atoms with van der Waals surface area (Å²) in [6, 6.07) is 20.3. The summed E-state index contributed by atoms with van der Waals surface area (Å²) in [5.41, 5.74) is 8.11. The van der Waals surface area contributed by atoms with Gasteiger partial charge in [-0.2, -0.15) is 0 Å². The molecule has 22 heavy (non-hydrogen) atoms. The Hall–Kier alpha value is -2.13. The number of nitrogens with zero attached hydrogens (tertiary/aromatic N) is 1. The molecule has 0 aliphatic carbocycles. The fraction of sp³-hybridized carbons (Fsp3) is 0.263. The first-order valence-electron chi connectivity index (χ1n) is 7.71. The van der Waals surface area contributed by atoms with Gasteiger partial charge < -0.3 is 5.73 Å². The maximum absolute atomic E-state index is 11.9. The van der Waals surface area contributed by atoms with Gasteiger partial charge in [0.1, 0.15) is 0 Å². The van der Waals surface area contributed by atoms with Crippen molar-refractivity contribution in [2.75, 3.05) is 6.54 Å². The van der Waals surface area contributed by atoms with Crippen molar-refractivity contribution >= 4 is 5.91 Å². The molecule has 1 fully saturated rings. The second-order valence-corrected chi connectivity index (χ2v) is 5.80. The summed E-state index contributed by atoms with van der Waals surface area (Å²) in [5, 5.41) is 0. The van der Waals surface area contributed by atoms with Crippen LogP contribution in [-0.2, 0) is 11.3 Å². The van der Waals surface area contributed by atoms with Gasteiger partial charge in [-0.05, 0) is 24.0 Å². The summed E-state index contributed by atoms with van der Waals surface area (Å²) in [6.07, 6.45) is 1.72. The van der Waals surface area contributed by atoms with E-state index in [0.717, 1.165) is 25.9 Å². The highest BCUT2D eigenvalue weighted by Gasteiger charge is 2.32. The van der Waals surface area contributed by atoms with Crippen LogP contribution in [0.5, 0.6) is 0 Å². The van der Waals surface area contributed by atoms with Gasteiger partial charge in [0.05, 0.1) is 6.04 Å². The Morgan fingerprint density at radius 1 is 1.05 bits per heavy atom. The Bertz CT molecular complexity index is 612. The topological polar surface area (TPSA) is 46.3 Å². The van der Waals surface area contributed by atoms with Crippen molar-refractivity contribution in [2.24, 2.45) is 5.73 Å². The van der Waals surface area contributed by atoms with Crippen LogP contribution in [0.15, 0.2) is 60.7 Å². The maximum Gasteiger partial charge on any atom is 0.234 e. The standard InChI is InChI=1S/C19H21N2O/c20-19(22)18-13-17(16-9-5-2-6-10-16)11-12-21(18)14-15-7-3-1-4-8-15/h1-10,18H,11-14H2,(H2,20,22). The SMILES string of the molecule is NC(=O)C1C[C](c2ccccc2)CCN1Cc1ccccc1. The van der Waals surface area contributed by atoms with Gasteiger partial charge in [0.2, 0.25) is 5.91 Å². The molecule has 1 radical (unpaired) electrons. The van der Waals surface area contributed by atoms with Crippen LogP contribution in [0.25, 0.3) is 0 Å². The minimum Gasteiger partial charge on any atom is -0.368 e. The van der Waals surface area contributed by atoms with Gasteiger partial charge in [0, 0.05) is 19.0 Å². The number of carbonyl (C=O) groups is 1. The normalized spacial score (nSPS) is 19.9. The van der Waals surface area contributed by atoms with Crippen molar-refractivity contribution in [3.63, 3.8) is 0 Å². The highest BCUT2D eigenvalue weighted by Crippen LogP contribution is 2.31. The molecule has 3 heteroatoms. The van der Waals surface area contributed by atoms with Crippen molar-refractivity contribution in [3.05, 3.63) is 77.7 Å². The van der Waals surface area contributed by atoms with Gasteiger partial charge >= 0.3 is 0 Å². The number of likely N-dealkylation sites (tertiary alicyclic amines) is 1. The molecule has 113 valence electrons. The Kier molecular flexibility index (Phi) is 4.54. The lowest BCUT2D eigenvalue weighted by Crippen LogP contribution is -2.49. The summed E-state index contributed by atoms with van der Waals surface area (Å²) in [5.74, 6) is 1.10. The van der Waals surface area contributed by atoms with Gasteiger partial charge in [-0.1, -0.05) is 60.7 Å². The molecule has 2 aromatic carbocycles. The fourth-order valence-corrected chi connectivity index (χ4v) is 3.12. The quantitative estimate of drug-likeness (QED) is 0.942. The fourth-order valence-electron chi connectivity index (χ4n) is 3.12. The third-order valence-electron chi connectivity index (χ3n) is 4.32. The molecule has 2 aromatic rings. The summed E-state index contributed by atoms with van der Waals surface area (Å²) in [4.78, 5) is 14.1. The number of carbonyl (C=O) groups excluding carboxylic acids is 1. The first-order valence-corrected chi connectivity index (χ1v) is 7.71. The van der Waals surface area contributed by atoms with Gasteiger partial charge in [-0.3, -0.25) is 9.69 Å². The number of primary amides is 1. The average Bonchev–Trinajstić information content (AvgIpc) is 2.57. The molecule has 1 amide bonds. The van der Waals surface area contributed by atoms with E-state index in [2.05, 4.69) is 29.2 Å². The van der Waals surface area contributed by atoms with Crippen molar-refractivity contribution in [1.29, 1.82) is 0 Å². The predicted molar refractivity (Wildman–Crippen MR) is 87.9 cm³/mol. The van der Waals surface area contributed by atoms with E-state index in [1.165, 1.54) is 17.0 Å². The van der Waals surface area contributed by atoms with Crippen molar-refractivity contribution < 1.29 is 4.79 Å². The highest BCUT2D eigenvalue weighted by molar-refractivity contribution is 5.80. The molecule has 3 rings (SSSR count). The van der Waals surface area contributed by atoms with E-state index in [1.807, 2.05) is 36.4 Å². The first-order chi connectivity index (χ1) is 10.7. The van der Waals surface area contributed by atoms with E-state index in [4.69, 9.17) is 5.73 Å². The lowest BCUT2D eigenvalue weighted by molar-refractivity contribution is -0.124. The summed E-state index contributed by atoms with van der Waals surface area (Å²) in [7, 11) is 0. The zero-order chi connectivity index (χ0) is 15.4. The summed E-state index contributed by atoms with van der Waals surface area (Å²) < 4.78 is 0. The number of amides is 1. The number of hydrogen-bond donors (Lipinski definition) is 1. The van der Waals surface area contributed by atoms with Crippen LogP contribution < -0.4 is 5.73 Å². The van der Waals surface area contributed by atoms with Crippen LogP contribution >= 0.6 is 0 Å². The van der Waals surface area contributed by atoms with Crippen LogP contribution in [0.3, 0.4) is 0 Å². The maximum atomic E-state index is 11.9. The second-order valence-electron chi connectivity index (χ2n) is 5.80. The largest absolute Gasteiger partial charge is 0.368 e. The van der Waals surface area contributed by atoms with Crippen LogP contribution in [-0.4, -0.2) is 23.4 Å². The monoisotopic (exact) mass is 293 g/mol. The van der Waals surface area contributed by atoms with Crippen LogP contribution in [0.2, 0.25) is 0 Å². The molecule has 1 saturated heterocycles. The van der Waals surface area contributed by atoms with Gasteiger partial charge in [-0.25, -0.2) is 0 Å². The van der Waals surface area contributed by atoms with Crippen molar-refractivity contribution in [3.8, 4) is 0 Å². The van der Waals surface area contributed by atoms with Gasteiger partial charge in [-0.15, -0.1) is 0 Å². The Morgan fingerprint density at radius 2 is 1.68 bits per heavy atom. The summed E-state index contributed by atoms with van der Waals surface area (Å²) >= 11 is 0. The van der Waals surface area contributed by atoms with E-state index in [-0.39, 0.29) is 11.9 Å². The molecule has 0 bridgehead atoms. The number of rotatable bonds is 4. The second kappa shape index (κ2) is 6.75. The van der Waals surface area contributed by atoms with E-state index in [0.29, 0.717) is 0 Å². The zero-order valence-corrected chi connectivity index (χ0v) is 12.6. The lowest BCUT2D eigenvalue weighted by atomic mass is 9.85. The number of nitrogens with two attached hydrogens (primary N) is 1. The number of piperidine rings is 1. The molecule has 1 aliphatic heterocycles. The minimum absolute atomic E-state index is 0.218. The molecule has 0 spiro atoms. The summed E-state index contributed by atoms with van der Waals surface area (Å²) in [6.45, 7) is 1.64. The third-order valence-corrected chi connectivity index (χ3v) is 4.32. The van der Waals surface area contributed by atoms with E-state index < -0.39 is 0 Å². The van der Waals surface area contributed by atoms with Crippen molar-refractivity contribution in [1.82, 2.24) is 4.90 Å². The van der Waals surface area contributed by atoms with E-state index in [1.54, 1.807) is 0 Å². The van der Waals surface area contributed by atoms with Crippen LogP contribution in [0.1, 0.15) is 24.0 Å². The van der Waals surface area contributed by atoms with Crippen LogP contribution in [0.4, 0.5) is 0 Å². The first kappa shape index (κ1) is 14.8. The van der Waals surface area contributed by atoms with Gasteiger partial charge in [0.15, 0.2) is 0 Å². The molecule has 3 nitrogen and oxygen atoms in total. The molecule has 1 aliphatic rings. The molecule has 2 N–H and O–H groups in total.